The number of aliphatic carboxylic acids is 2. The lowest BCUT2D eigenvalue weighted by atomic mass is 9.70. The van der Waals surface area contributed by atoms with E-state index in [1.807, 2.05) is 109 Å². The molecule has 9 rings (SSSR count). The van der Waals surface area contributed by atoms with E-state index in [0.29, 0.717) is 36.4 Å². The number of hydrogen-bond acceptors (Lipinski definition) is 11. The zero-order valence-electron chi connectivity index (χ0n) is 48.3. The largest absolute Gasteiger partial charge is 0.497 e. The Morgan fingerprint density at radius 2 is 1.26 bits per heavy atom. The zero-order valence-corrected chi connectivity index (χ0v) is 49.9. The van der Waals surface area contributed by atoms with Crippen molar-refractivity contribution in [2.24, 2.45) is 0 Å². The van der Waals surface area contributed by atoms with Crippen molar-refractivity contribution in [1.29, 1.82) is 0 Å². The number of nitrogens with one attached hydrogen (secondary N) is 2. The SMILES string of the molecule is COc1ccc2c(c1)C(C)(C)C(=CC=C1SC(=S)N(CC(=O)Nc3ccc(NCCC(=O)O)c(C(C)(C)CC=CC=CC=C4N(CCC(=O)O)c5ccc(OC)cc5C4(Cc4ccccc4)Cc4ccccc4)c3)C1=O)N2Cc1ccccc1. The maximum absolute atomic E-state index is 14.1. The predicted octanol–water partition coefficient (Wildman–Crippen LogP) is 13.5. The van der Waals surface area contributed by atoms with Gasteiger partial charge in [-0.2, -0.15) is 0 Å². The molecule has 0 aromatic heterocycles. The van der Waals surface area contributed by atoms with Crippen LogP contribution >= 0.6 is 24.0 Å². The van der Waals surface area contributed by atoms with Gasteiger partial charge < -0.3 is 40.1 Å². The number of methoxy groups -OCH3 is 2. The Morgan fingerprint density at radius 1 is 0.667 bits per heavy atom. The summed E-state index contributed by atoms with van der Waals surface area (Å²) in [4.78, 5) is 57.9. The fraction of sp³-hybridized carbons (Fsp3) is 0.261. The van der Waals surface area contributed by atoms with Gasteiger partial charge in [-0.05, 0) is 131 Å². The molecule has 84 heavy (non-hydrogen) atoms. The van der Waals surface area contributed by atoms with Crippen molar-refractivity contribution >= 4 is 74.8 Å². The van der Waals surface area contributed by atoms with Gasteiger partial charge in [-0.15, -0.1) is 0 Å². The van der Waals surface area contributed by atoms with Crippen molar-refractivity contribution < 1.29 is 38.9 Å². The molecule has 1 saturated heterocycles. The number of rotatable bonds is 24. The summed E-state index contributed by atoms with van der Waals surface area (Å²) in [6, 6.07) is 48.6. The normalized spacial score (nSPS) is 16.7. The first-order chi connectivity index (χ1) is 40.4. The van der Waals surface area contributed by atoms with Gasteiger partial charge >= 0.3 is 11.9 Å². The molecule has 6 aromatic rings. The lowest BCUT2D eigenvalue weighted by Crippen LogP contribution is -2.36. The van der Waals surface area contributed by atoms with Crippen LogP contribution in [0, 0.1) is 0 Å². The molecular weight excluding hydrogens is 1090 g/mol. The summed E-state index contributed by atoms with van der Waals surface area (Å²) in [7, 11) is 3.32. The monoisotopic (exact) mass is 1160 g/mol. The van der Waals surface area contributed by atoms with Crippen molar-refractivity contribution in [2.75, 3.05) is 54.3 Å². The highest BCUT2D eigenvalue weighted by Crippen LogP contribution is 2.54. The van der Waals surface area contributed by atoms with E-state index in [4.69, 9.17) is 21.7 Å². The first-order valence-corrected chi connectivity index (χ1v) is 29.3. The Kier molecular flexibility index (Phi) is 18.8. The molecule has 0 radical (unpaired) electrons. The summed E-state index contributed by atoms with van der Waals surface area (Å²) >= 11 is 6.89. The van der Waals surface area contributed by atoms with E-state index in [0.717, 1.165) is 85.1 Å². The number of anilines is 4. The van der Waals surface area contributed by atoms with Crippen molar-refractivity contribution in [3.63, 3.8) is 0 Å². The van der Waals surface area contributed by atoms with Crippen molar-refractivity contribution in [2.45, 2.75) is 82.6 Å². The Labute approximate surface area is 502 Å². The van der Waals surface area contributed by atoms with E-state index in [-0.39, 0.29) is 42.7 Å². The third kappa shape index (κ3) is 13.5. The molecule has 1 fully saturated rings. The lowest BCUT2D eigenvalue weighted by molar-refractivity contribution is -0.137. The number of carboxylic acids is 2. The molecule has 0 unspecified atom stereocenters. The van der Waals surface area contributed by atoms with Crippen LogP contribution in [-0.4, -0.2) is 77.0 Å². The summed E-state index contributed by atoms with van der Waals surface area (Å²) in [6.07, 6.45) is 15.7. The highest BCUT2D eigenvalue weighted by molar-refractivity contribution is 8.26. The second-order valence-corrected chi connectivity index (χ2v) is 24.0. The number of thiocarbonyl (C=S) groups is 1. The number of thioether (sulfide) groups is 1. The van der Waals surface area contributed by atoms with Crippen LogP contribution in [0.2, 0.25) is 0 Å². The molecule has 2 amide bonds. The van der Waals surface area contributed by atoms with Gasteiger partial charge in [0.1, 0.15) is 22.4 Å². The average Bonchev–Trinajstić information content (AvgIpc) is 2.34. The fourth-order valence-corrected chi connectivity index (χ4v) is 12.8. The number of amides is 2. The van der Waals surface area contributed by atoms with Gasteiger partial charge in [-0.25, -0.2) is 0 Å². The third-order valence-corrected chi connectivity index (χ3v) is 17.2. The molecular formula is C69H71N5O8S2. The molecule has 3 aliphatic heterocycles. The van der Waals surface area contributed by atoms with E-state index >= 15 is 0 Å². The highest BCUT2D eigenvalue weighted by Gasteiger charge is 2.48. The molecule has 432 valence electrons. The van der Waals surface area contributed by atoms with E-state index < -0.39 is 34.1 Å². The summed E-state index contributed by atoms with van der Waals surface area (Å²) in [5.74, 6) is -1.12. The second-order valence-electron chi connectivity index (χ2n) is 22.3. The minimum absolute atomic E-state index is 0.0585. The van der Waals surface area contributed by atoms with E-state index in [9.17, 15) is 29.4 Å². The molecule has 0 saturated carbocycles. The molecule has 3 heterocycles. The smallest absolute Gasteiger partial charge is 0.305 e. The van der Waals surface area contributed by atoms with Crippen molar-refractivity contribution in [3.05, 3.63) is 238 Å². The fourth-order valence-electron chi connectivity index (χ4n) is 11.6. The van der Waals surface area contributed by atoms with E-state index in [2.05, 4.69) is 115 Å². The molecule has 0 bridgehead atoms. The second kappa shape index (κ2) is 26.3. The number of fused-ring (bicyclic) bond motifs is 2. The van der Waals surface area contributed by atoms with Crippen LogP contribution in [0.5, 0.6) is 11.5 Å². The van der Waals surface area contributed by atoms with Gasteiger partial charge in [0.15, 0.2) is 0 Å². The van der Waals surface area contributed by atoms with Crippen LogP contribution < -0.4 is 29.9 Å². The molecule has 0 atom stereocenters. The lowest BCUT2D eigenvalue weighted by Gasteiger charge is -2.34. The summed E-state index contributed by atoms with van der Waals surface area (Å²) in [5.41, 5.74) is 10.1. The Morgan fingerprint density at radius 3 is 1.87 bits per heavy atom. The summed E-state index contributed by atoms with van der Waals surface area (Å²) in [5, 5.41) is 25.8. The Hall–Kier alpha value is -8.66. The molecule has 15 heteroatoms. The number of carbonyl (C=O) groups excluding carboxylic acids is 2. The van der Waals surface area contributed by atoms with Gasteiger partial charge in [-0.1, -0.05) is 167 Å². The maximum atomic E-state index is 14.1. The van der Waals surface area contributed by atoms with Crippen LogP contribution in [0.15, 0.2) is 204 Å². The molecule has 6 aromatic carbocycles. The number of carbonyl (C=O) groups is 4. The standard InChI is InChI=1S/C69H71N5O8S2/c1-67(2,37-19-8-7-18-26-61-69(43-47-20-12-9-13-21-47,44-48-22-14-10-15-23-48)55-42-52(82-6)29-32-58(55)72(61)39-36-64(78)79)53-40-50(27-30-56(53)70-38-35-63(76)77)71-62(75)46-74-65(80)59(84-66(74)83)33-34-60-68(3,4)54-41-51(81-5)28-31-57(54)73(60)45-49-24-16-11-17-25-49/h7-34,40-42,70H,35-39,43-46H2,1-6H3,(H,71,75)(H,76,77)(H,78,79). The predicted molar refractivity (Wildman–Crippen MR) is 341 cm³/mol. The van der Waals surface area contributed by atoms with Crippen LogP contribution in [0.4, 0.5) is 22.7 Å². The quantitative estimate of drug-likeness (QED) is 0.0258. The van der Waals surface area contributed by atoms with E-state index in [1.54, 1.807) is 26.4 Å². The van der Waals surface area contributed by atoms with Gasteiger partial charge in [0.2, 0.25) is 5.91 Å². The molecule has 0 spiro atoms. The highest BCUT2D eigenvalue weighted by atomic mass is 32.2. The summed E-state index contributed by atoms with van der Waals surface area (Å²) in [6.45, 7) is 9.27. The minimum atomic E-state index is -0.929. The van der Waals surface area contributed by atoms with E-state index in [1.165, 1.54) is 4.90 Å². The Bertz CT molecular complexity index is 3550. The zero-order chi connectivity index (χ0) is 59.6. The van der Waals surface area contributed by atoms with Crippen molar-refractivity contribution in [1.82, 2.24) is 4.90 Å². The summed E-state index contributed by atoms with van der Waals surface area (Å²) < 4.78 is 11.7. The van der Waals surface area contributed by atoms with Crippen LogP contribution in [-0.2, 0) is 54.8 Å². The number of hydrogen-bond donors (Lipinski definition) is 4. The molecule has 3 aliphatic rings. The molecule has 13 nitrogen and oxygen atoms in total. The first-order valence-electron chi connectivity index (χ1n) is 28.1. The number of ether oxygens (including phenoxy) is 2. The van der Waals surface area contributed by atoms with Gasteiger partial charge in [0.25, 0.3) is 5.91 Å². The van der Waals surface area contributed by atoms with Crippen molar-refractivity contribution in [3.8, 4) is 11.5 Å². The topological polar surface area (TPSA) is 161 Å². The van der Waals surface area contributed by atoms with Crippen LogP contribution in [0.1, 0.15) is 80.3 Å². The molecule has 0 aliphatic carbocycles. The Balaban J connectivity index is 0.940. The number of carboxylic acid groups (broad SMARTS) is 2. The van der Waals surface area contributed by atoms with Crippen LogP contribution in [0.3, 0.4) is 0 Å². The third-order valence-electron chi connectivity index (χ3n) is 15.8. The van der Waals surface area contributed by atoms with Gasteiger partial charge in [0.05, 0.1) is 32.0 Å². The minimum Gasteiger partial charge on any atom is -0.497 e. The first kappa shape index (κ1) is 59.9. The number of allylic oxidation sites excluding steroid dienone is 9. The number of benzene rings is 6. The van der Waals surface area contributed by atoms with Gasteiger partial charge in [0, 0.05) is 64.6 Å². The van der Waals surface area contributed by atoms with Crippen LogP contribution in [0.25, 0.3) is 0 Å². The molecule has 4 N–H and O–H groups in total. The maximum Gasteiger partial charge on any atom is 0.305 e. The average molecular weight is 1160 g/mol. The number of nitrogens with zero attached hydrogens (tertiary/aromatic N) is 3. The van der Waals surface area contributed by atoms with Gasteiger partial charge in [-0.3, -0.25) is 24.1 Å².